The molecule has 0 spiro atoms. The predicted octanol–water partition coefficient (Wildman–Crippen LogP) is 0.780. The van der Waals surface area contributed by atoms with Crippen LogP contribution in [0.1, 0.15) is 12.6 Å². The molecule has 1 atom stereocenters. The van der Waals surface area contributed by atoms with E-state index in [9.17, 15) is 8.42 Å². The highest BCUT2D eigenvalue weighted by Gasteiger charge is 2.20. The van der Waals surface area contributed by atoms with E-state index in [-0.39, 0.29) is 10.9 Å². The van der Waals surface area contributed by atoms with Crippen LogP contribution in [0, 0.1) is 6.92 Å². The highest BCUT2D eigenvalue weighted by molar-refractivity contribution is 9.09. The maximum absolute atomic E-state index is 11.7. The number of nitrogens with one attached hydrogen (secondary N) is 2. The molecule has 7 heteroatoms. The summed E-state index contributed by atoms with van der Waals surface area (Å²) in [6.07, 6.45) is 1.30. The van der Waals surface area contributed by atoms with E-state index in [2.05, 4.69) is 30.8 Å². The van der Waals surface area contributed by atoms with Crippen molar-refractivity contribution in [3.63, 3.8) is 0 Å². The lowest BCUT2D eigenvalue weighted by Gasteiger charge is -2.10. The van der Waals surface area contributed by atoms with Gasteiger partial charge < -0.3 is 0 Å². The summed E-state index contributed by atoms with van der Waals surface area (Å²) in [6.45, 7) is 3.45. The monoisotopic (exact) mass is 281 g/mol. The molecule has 0 aliphatic carbocycles. The number of rotatable bonds is 4. The Bertz CT molecular complexity index is 401. The molecule has 5 nitrogen and oxygen atoms in total. The van der Waals surface area contributed by atoms with Crippen molar-refractivity contribution in [2.75, 3.05) is 5.33 Å². The maximum atomic E-state index is 11.7. The van der Waals surface area contributed by atoms with Gasteiger partial charge in [0.25, 0.3) is 0 Å². The zero-order chi connectivity index (χ0) is 10.8. The van der Waals surface area contributed by atoms with Gasteiger partial charge in [-0.3, -0.25) is 5.10 Å². The normalized spacial score (nSPS) is 14.2. The van der Waals surface area contributed by atoms with Crippen LogP contribution in [0.15, 0.2) is 11.1 Å². The molecule has 1 aromatic rings. The molecule has 0 aliphatic heterocycles. The summed E-state index contributed by atoms with van der Waals surface area (Å²) in [5.74, 6) is 0. The van der Waals surface area contributed by atoms with Gasteiger partial charge in [-0.15, -0.1) is 0 Å². The van der Waals surface area contributed by atoms with E-state index in [4.69, 9.17) is 0 Å². The number of sulfonamides is 1. The molecule has 2 N–H and O–H groups in total. The third-order valence-electron chi connectivity index (χ3n) is 1.66. The van der Waals surface area contributed by atoms with Gasteiger partial charge in [0, 0.05) is 11.4 Å². The van der Waals surface area contributed by atoms with Gasteiger partial charge in [0.1, 0.15) is 4.90 Å². The first-order valence-electron chi connectivity index (χ1n) is 4.05. The number of aryl methyl sites for hydroxylation is 1. The highest BCUT2D eigenvalue weighted by Crippen LogP contribution is 2.11. The van der Waals surface area contributed by atoms with Gasteiger partial charge in [-0.2, -0.15) is 5.10 Å². The van der Waals surface area contributed by atoms with Crippen molar-refractivity contribution in [1.82, 2.24) is 14.9 Å². The third kappa shape index (κ3) is 2.55. The number of aromatic amines is 1. The van der Waals surface area contributed by atoms with Crippen molar-refractivity contribution in [2.45, 2.75) is 24.8 Å². The van der Waals surface area contributed by atoms with Crippen molar-refractivity contribution in [2.24, 2.45) is 0 Å². The first kappa shape index (κ1) is 11.7. The van der Waals surface area contributed by atoms with Crippen LogP contribution in [0.4, 0.5) is 0 Å². The summed E-state index contributed by atoms with van der Waals surface area (Å²) in [5, 5.41) is 6.82. The molecule has 0 saturated heterocycles. The van der Waals surface area contributed by atoms with Crippen molar-refractivity contribution in [1.29, 1.82) is 0 Å². The Hall–Kier alpha value is -0.400. The van der Waals surface area contributed by atoms with Gasteiger partial charge in [0.05, 0.1) is 11.9 Å². The van der Waals surface area contributed by atoms with Crippen molar-refractivity contribution in [3.05, 3.63) is 11.9 Å². The lowest BCUT2D eigenvalue weighted by Crippen LogP contribution is -2.33. The van der Waals surface area contributed by atoms with Gasteiger partial charge in [-0.05, 0) is 13.8 Å². The number of H-pyrrole nitrogens is 1. The second-order valence-corrected chi connectivity index (χ2v) is 5.37. The summed E-state index contributed by atoms with van der Waals surface area (Å²) in [4.78, 5) is 0.199. The van der Waals surface area contributed by atoms with Crippen LogP contribution in [0.3, 0.4) is 0 Å². The fourth-order valence-corrected chi connectivity index (χ4v) is 2.73. The van der Waals surface area contributed by atoms with Gasteiger partial charge in [-0.25, -0.2) is 13.1 Å². The quantitative estimate of drug-likeness (QED) is 0.801. The molecule has 0 saturated carbocycles. The Labute approximate surface area is 91.5 Å². The average molecular weight is 282 g/mol. The Balaban J connectivity index is 2.92. The highest BCUT2D eigenvalue weighted by atomic mass is 79.9. The number of halogens is 1. The van der Waals surface area contributed by atoms with Crippen molar-refractivity contribution >= 4 is 26.0 Å². The fourth-order valence-electron chi connectivity index (χ4n) is 0.970. The van der Waals surface area contributed by atoms with Crippen LogP contribution in [0.5, 0.6) is 0 Å². The summed E-state index contributed by atoms with van der Waals surface area (Å²) in [6, 6.07) is -0.144. The topological polar surface area (TPSA) is 74.8 Å². The predicted molar refractivity (Wildman–Crippen MR) is 56.9 cm³/mol. The van der Waals surface area contributed by atoms with Crippen LogP contribution in [0.2, 0.25) is 0 Å². The smallest absolute Gasteiger partial charge is 0.244 e. The minimum atomic E-state index is -3.43. The molecule has 0 aromatic carbocycles. The largest absolute Gasteiger partial charge is 0.281 e. The molecule has 14 heavy (non-hydrogen) atoms. The van der Waals surface area contributed by atoms with E-state index < -0.39 is 10.0 Å². The van der Waals surface area contributed by atoms with Crippen LogP contribution in [0.25, 0.3) is 0 Å². The number of hydrogen-bond donors (Lipinski definition) is 2. The van der Waals surface area contributed by atoms with E-state index in [1.54, 1.807) is 13.8 Å². The second kappa shape index (κ2) is 4.41. The molecule has 80 valence electrons. The van der Waals surface area contributed by atoms with E-state index >= 15 is 0 Å². The Morgan fingerprint density at radius 3 is 2.79 bits per heavy atom. The molecule has 1 heterocycles. The minimum Gasteiger partial charge on any atom is -0.281 e. The SMILES string of the molecule is Cc1[nH]ncc1S(=O)(=O)NC(C)CBr. The van der Waals surface area contributed by atoms with E-state index in [0.717, 1.165) is 0 Å². The van der Waals surface area contributed by atoms with E-state index in [1.807, 2.05) is 0 Å². The fraction of sp³-hybridized carbons (Fsp3) is 0.571. The van der Waals surface area contributed by atoms with Crippen LogP contribution < -0.4 is 4.72 Å². The minimum absolute atomic E-state index is 0.144. The van der Waals surface area contributed by atoms with Crippen molar-refractivity contribution < 1.29 is 8.42 Å². The first-order valence-corrected chi connectivity index (χ1v) is 6.66. The summed E-state index contributed by atoms with van der Waals surface area (Å²) in [5.41, 5.74) is 0.541. The number of aromatic nitrogens is 2. The van der Waals surface area contributed by atoms with Crippen LogP contribution >= 0.6 is 15.9 Å². The second-order valence-electron chi connectivity index (χ2n) is 3.04. The van der Waals surface area contributed by atoms with E-state index in [1.165, 1.54) is 6.20 Å². The molecule has 0 radical (unpaired) electrons. The molecule has 0 fully saturated rings. The molecular weight excluding hydrogens is 270 g/mol. The van der Waals surface area contributed by atoms with Gasteiger partial charge >= 0.3 is 0 Å². The molecular formula is C7H12BrN3O2S. The Morgan fingerprint density at radius 2 is 2.36 bits per heavy atom. The molecule has 1 unspecified atom stereocenters. The first-order chi connectivity index (χ1) is 6.47. The Morgan fingerprint density at radius 1 is 1.71 bits per heavy atom. The molecule has 1 rings (SSSR count). The molecule has 0 bridgehead atoms. The molecule has 0 amide bonds. The van der Waals surface area contributed by atoms with Gasteiger partial charge in [0.15, 0.2) is 0 Å². The standard InChI is InChI=1S/C7H12BrN3O2S/c1-5(3-8)11-14(12,13)7-4-9-10-6(7)2/h4-5,11H,3H2,1-2H3,(H,9,10). The van der Waals surface area contributed by atoms with Gasteiger partial charge in [0.2, 0.25) is 10.0 Å². The molecule has 0 aliphatic rings. The van der Waals surface area contributed by atoms with E-state index in [0.29, 0.717) is 11.0 Å². The van der Waals surface area contributed by atoms with Crippen LogP contribution in [-0.4, -0.2) is 30.0 Å². The van der Waals surface area contributed by atoms with Gasteiger partial charge in [-0.1, -0.05) is 15.9 Å². The number of hydrogen-bond acceptors (Lipinski definition) is 3. The zero-order valence-corrected chi connectivity index (χ0v) is 10.3. The maximum Gasteiger partial charge on any atom is 0.244 e. The average Bonchev–Trinajstić information content (AvgIpc) is 2.51. The number of alkyl halides is 1. The van der Waals surface area contributed by atoms with Crippen LogP contribution in [-0.2, 0) is 10.0 Å². The Kier molecular flexibility index (Phi) is 3.68. The van der Waals surface area contributed by atoms with Crippen molar-refractivity contribution in [3.8, 4) is 0 Å². The lowest BCUT2D eigenvalue weighted by atomic mass is 10.4. The zero-order valence-electron chi connectivity index (χ0n) is 7.91. The number of nitrogens with zero attached hydrogens (tertiary/aromatic N) is 1. The summed E-state index contributed by atoms with van der Waals surface area (Å²) in [7, 11) is -3.43. The third-order valence-corrected chi connectivity index (χ3v) is 4.34. The summed E-state index contributed by atoms with van der Waals surface area (Å²) < 4.78 is 25.9. The summed E-state index contributed by atoms with van der Waals surface area (Å²) >= 11 is 3.20. The lowest BCUT2D eigenvalue weighted by molar-refractivity contribution is 0.571. The molecule has 1 aromatic heterocycles.